The van der Waals surface area contributed by atoms with Crippen LogP contribution < -0.4 is 10.9 Å². The fourth-order valence-electron chi connectivity index (χ4n) is 1.68. The molecule has 0 bridgehead atoms. The fourth-order valence-corrected chi connectivity index (χ4v) is 3.22. The molecule has 3 rings (SSSR count). The molecule has 4 N–H and O–H groups in total. The average Bonchev–Trinajstić information content (AvgIpc) is 3.11. The van der Waals surface area contributed by atoms with Crippen molar-refractivity contribution in [3.8, 4) is 0 Å². The highest BCUT2D eigenvalue weighted by Crippen LogP contribution is 2.39. The minimum atomic E-state index is -3.76. The van der Waals surface area contributed by atoms with Gasteiger partial charge in [0.2, 0.25) is 15.2 Å². The number of nitrogen functional groups attached to an aromatic ring is 1. The van der Waals surface area contributed by atoms with Gasteiger partial charge in [-0.25, -0.2) is 18.2 Å². The van der Waals surface area contributed by atoms with Gasteiger partial charge in [0.25, 0.3) is 0 Å². The van der Waals surface area contributed by atoms with E-state index in [1.54, 1.807) is 4.68 Å². The van der Waals surface area contributed by atoms with Gasteiger partial charge in [-0.1, -0.05) is 0 Å². The van der Waals surface area contributed by atoms with E-state index in [4.69, 9.17) is 10.9 Å². The van der Waals surface area contributed by atoms with Crippen molar-refractivity contribution in [1.82, 2.24) is 20.2 Å². The van der Waals surface area contributed by atoms with Crippen molar-refractivity contribution >= 4 is 27.5 Å². The van der Waals surface area contributed by atoms with Gasteiger partial charge in [-0.05, 0) is 53.2 Å². The summed E-state index contributed by atoms with van der Waals surface area (Å²) in [5.74, 6) is 0. The highest BCUT2D eigenvalue weighted by Gasteiger charge is 2.28. The third-order valence-electron chi connectivity index (χ3n) is 2.87. The van der Waals surface area contributed by atoms with Crippen molar-refractivity contribution in [1.29, 1.82) is 0 Å². The molecule has 2 aromatic rings. The first-order valence-corrected chi connectivity index (χ1v) is 8.19. The van der Waals surface area contributed by atoms with E-state index in [-0.39, 0.29) is 4.90 Å². The number of hydrogen-bond donors (Lipinski definition) is 2. The number of benzene rings is 1. The summed E-state index contributed by atoms with van der Waals surface area (Å²) in [5, 5.41) is 17.2. The summed E-state index contributed by atoms with van der Waals surface area (Å²) in [5.41, 5.74) is 6.31. The highest BCUT2D eigenvalue weighted by atomic mass is 32.2. The van der Waals surface area contributed by atoms with Gasteiger partial charge >= 0.3 is 0 Å². The molecule has 1 saturated carbocycles. The molecule has 0 amide bonds. The lowest BCUT2D eigenvalue weighted by Gasteiger charge is -2.07. The number of sulfonamides is 1. The lowest BCUT2D eigenvalue weighted by Crippen LogP contribution is -2.12. The topological polar surface area (TPSA) is 130 Å². The number of aromatic nitrogens is 4. The smallest absolute Gasteiger partial charge is 0.238 e. The molecule has 0 unspecified atom stereocenters. The number of tetrazole rings is 1. The maximum Gasteiger partial charge on any atom is 0.238 e. The van der Waals surface area contributed by atoms with Crippen LogP contribution in [0.3, 0.4) is 0 Å². The van der Waals surface area contributed by atoms with Gasteiger partial charge in [-0.3, -0.25) is 0 Å². The molecule has 8 nitrogen and oxygen atoms in total. The van der Waals surface area contributed by atoms with Crippen LogP contribution in [-0.2, 0) is 10.0 Å². The minimum Gasteiger partial charge on any atom is -0.398 e. The summed E-state index contributed by atoms with van der Waals surface area (Å²) in [6.07, 6.45) is 2.09. The Morgan fingerprint density at radius 2 is 2.10 bits per heavy atom. The standard InChI is InChI=1S/C10H12N6O2S2/c11-8-4-3-7(20(12,17)18)5-9(8)19-10-13-14-15-16(10)6-1-2-6/h3-6H,1-2,11H2,(H2,12,17,18). The van der Waals surface area contributed by atoms with Crippen LogP contribution in [0.2, 0.25) is 0 Å². The van der Waals surface area contributed by atoms with Gasteiger partial charge in [0.1, 0.15) is 0 Å². The number of nitrogens with zero attached hydrogens (tertiary/aromatic N) is 4. The predicted molar refractivity (Wildman–Crippen MR) is 72.4 cm³/mol. The molecule has 0 aliphatic heterocycles. The van der Waals surface area contributed by atoms with E-state index >= 15 is 0 Å². The molecule has 1 aromatic heterocycles. The van der Waals surface area contributed by atoms with Gasteiger partial charge in [0.05, 0.1) is 10.9 Å². The Labute approximate surface area is 119 Å². The largest absolute Gasteiger partial charge is 0.398 e. The van der Waals surface area contributed by atoms with Crippen molar-refractivity contribution in [3.05, 3.63) is 18.2 Å². The molecule has 106 valence electrons. The zero-order chi connectivity index (χ0) is 14.3. The summed E-state index contributed by atoms with van der Waals surface area (Å²) < 4.78 is 24.5. The monoisotopic (exact) mass is 312 g/mol. The Bertz CT molecular complexity index is 753. The average molecular weight is 312 g/mol. The first kappa shape index (κ1) is 13.3. The third kappa shape index (κ3) is 2.62. The zero-order valence-corrected chi connectivity index (χ0v) is 11.9. The van der Waals surface area contributed by atoms with Crippen molar-refractivity contribution in [3.63, 3.8) is 0 Å². The van der Waals surface area contributed by atoms with Crippen LogP contribution in [0.15, 0.2) is 33.1 Å². The lowest BCUT2D eigenvalue weighted by atomic mass is 10.3. The van der Waals surface area contributed by atoms with Crippen molar-refractivity contribution in [2.45, 2.75) is 33.8 Å². The Balaban J connectivity index is 1.95. The molecule has 10 heteroatoms. The summed E-state index contributed by atoms with van der Waals surface area (Å²) in [7, 11) is -3.76. The number of nitrogens with two attached hydrogens (primary N) is 2. The molecule has 0 radical (unpaired) electrons. The molecule has 0 saturated heterocycles. The third-order valence-corrected chi connectivity index (χ3v) is 4.81. The second-order valence-corrected chi connectivity index (χ2v) is 7.05. The molecule has 1 aliphatic carbocycles. The second-order valence-electron chi connectivity index (χ2n) is 4.48. The van der Waals surface area contributed by atoms with E-state index in [2.05, 4.69) is 15.5 Å². The maximum absolute atomic E-state index is 11.4. The van der Waals surface area contributed by atoms with Crippen LogP contribution in [0, 0.1) is 0 Å². The zero-order valence-electron chi connectivity index (χ0n) is 10.3. The highest BCUT2D eigenvalue weighted by molar-refractivity contribution is 7.99. The SMILES string of the molecule is Nc1ccc(S(N)(=O)=O)cc1Sc1nnnn1C1CC1. The molecular formula is C10H12N6O2S2. The molecule has 1 heterocycles. The predicted octanol–water partition coefficient (Wildman–Crippen LogP) is 0.389. The van der Waals surface area contributed by atoms with Gasteiger partial charge in [-0.2, -0.15) is 0 Å². The van der Waals surface area contributed by atoms with Crippen LogP contribution in [-0.4, -0.2) is 28.6 Å². The summed E-state index contributed by atoms with van der Waals surface area (Å²) >= 11 is 1.23. The lowest BCUT2D eigenvalue weighted by molar-refractivity contribution is 0.565. The number of primary sulfonamides is 1. The Hall–Kier alpha value is -1.65. The van der Waals surface area contributed by atoms with Crippen LogP contribution in [0.4, 0.5) is 5.69 Å². The van der Waals surface area contributed by atoms with Gasteiger partial charge in [0, 0.05) is 10.6 Å². The Kier molecular flexibility index (Phi) is 3.15. The molecule has 0 spiro atoms. The van der Waals surface area contributed by atoms with E-state index in [1.165, 1.54) is 30.0 Å². The first-order valence-electron chi connectivity index (χ1n) is 5.83. The van der Waals surface area contributed by atoms with E-state index in [0.717, 1.165) is 12.8 Å². The van der Waals surface area contributed by atoms with Crippen molar-refractivity contribution in [2.24, 2.45) is 5.14 Å². The first-order chi connectivity index (χ1) is 9.45. The van der Waals surface area contributed by atoms with Crippen LogP contribution in [0.25, 0.3) is 0 Å². The normalized spacial score (nSPS) is 15.4. The van der Waals surface area contributed by atoms with Crippen LogP contribution in [0.5, 0.6) is 0 Å². The minimum absolute atomic E-state index is 0.0136. The number of anilines is 1. The van der Waals surface area contributed by atoms with E-state index in [9.17, 15) is 8.42 Å². The van der Waals surface area contributed by atoms with E-state index in [1.807, 2.05) is 0 Å². The second kappa shape index (κ2) is 4.72. The summed E-state index contributed by atoms with van der Waals surface area (Å²) in [4.78, 5) is 0.577. The molecule has 1 fully saturated rings. The Morgan fingerprint density at radius 3 is 2.75 bits per heavy atom. The number of rotatable bonds is 4. The Morgan fingerprint density at radius 1 is 1.35 bits per heavy atom. The van der Waals surface area contributed by atoms with E-state index < -0.39 is 10.0 Å². The maximum atomic E-state index is 11.4. The summed E-state index contributed by atoms with van der Waals surface area (Å²) in [6, 6.07) is 4.64. The van der Waals surface area contributed by atoms with Crippen molar-refractivity contribution in [2.75, 3.05) is 5.73 Å². The van der Waals surface area contributed by atoms with Gasteiger partial charge < -0.3 is 5.73 Å². The molecule has 1 aromatic carbocycles. The van der Waals surface area contributed by atoms with E-state index in [0.29, 0.717) is 21.8 Å². The molecule has 1 aliphatic rings. The van der Waals surface area contributed by atoms with Crippen molar-refractivity contribution < 1.29 is 8.42 Å². The summed E-state index contributed by atoms with van der Waals surface area (Å²) in [6.45, 7) is 0. The number of hydrogen-bond acceptors (Lipinski definition) is 7. The van der Waals surface area contributed by atoms with Crippen LogP contribution >= 0.6 is 11.8 Å². The van der Waals surface area contributed by atoms with Gasteiger partial charge in [-0.15, -0.1) is 5.10 Å². The molecular weight excluding hydrogens is 300 g/mol. The molecule has 20 heavy (non-hydrogen) atoms. The van der Waals surface area contributed by atoms with Gasteiger partial charge in [0.15, 0.2) is 0 Å². The van der Waals surface area contributed by atoms with Crippen LogP contribution in [0.1, 0.15) is 18.9 Å². The fraction of sp³-hybridized carbons (Fsp3) is 0.300. The molecule has 0 atom stereocenters. The quantitative estimate of drug-likeness (QED) is 0.781.